The van der Waals surface area contributed by atoms with Crippen molar-refractivity contribution in [3.05, 3.63) is 89.6 Å². The third-order valence-electron chi connectivity index (χ3n) is 5.39. The van der Waals surface area contributed by atoms with E-state index < -0.39 is 6.17 Å². The van der Waals surface area contributed by atoms with Crippen molar-refractivity contribution in [1.82, 2.24) is 9.88 Å². The molecule has 3 amide bonds. The summed E-state index contributed by atoms with van der Waals surface area (Å²) in [7, 11) is 0. The highest BCUT2D eigenvalue weighted by molar-refractivity contribution is 6.16. The Balaban J connectivity index is 1.46. The topological polar surface area (TPSA) is 82.6 Å². The summed E-state index contributed by atoms with van der Waals surface area (Å²) in [5, 5.41) is 2.73. The summed E-state index contributed by atoms with van der Waals surface area (Å²) < 4.78 is 0. The molecule has 7 nitrogen and oxygen atoms in total. The first-order valence-corrected chi connectivity index (χ1v) is 9.68. The summed E-state index contributed by atoms with van der Waals surface area (Å²) in [5.74, 6) is -0.120. The van der Waals surface area contributed by atoms with Crippen LogP contribution < -0.4 is 10.2 Å². The zero-order valence-electron chi connectivity index (χ0n) is 16.0. The fourth-order valence-corrected chi connectivity index (χ4v) is 4.06. The summed E-state index contributed by atoms with van der Waals surface area (Å²) in [6.07, 6.45) is 1.13. The van der Waals surface area contributed by atoms with Crippen LogP contribution in [0.5, 0.6) is 0 Å². The number of carbonyl (C=O) groups is 3. The van der Waals surface area contributed by atoms with Crippen molar-refractivity contribution in [3.63, 3.8) is 0 Å². The van der Waals surface area contributed by atoms with Crippen LogP contribution >= 0.6 is 0 Å². The summed E-state index contributed by atoms with van der Waals surface area (Å²) in [6, 6.07) is 19.6. The van der Waals surface area contributed by atoms with E-state index in [0.717, 1.165) is 5.56 Å². The minimum atomic E-state index is -0.557. The molecule has 1 N–H and O–H groups in total. The van der Waals surface area contributed by atoms with Gasteiger partial charge in [0.2, 0.25) is 5.91 Å². The second kappa shape index (κ2) is 7.11. The number of nitrogens with zero attached hydrogens (tertiary/aromatic N) is 3. The highest BCUT2D eigenvalue weighted by atomic mass is 16.2. The van der Waals surface area contributed by atoms with Crippen molar-refractivity contribution >= 4 is 29.2 Å². The number of pyridine rings is 1. The third kappa shape index (κ3) is 2.83. The largest absolute Gasteiger partial charge is 0.313 e. The molecule has 148 valence electrons. The van der Waals surface area contributed by atoms with Crippen molar-refractivity contribution in [2.24, 2.45) is 0 Å². The van der Waals surface area contributed by atoms with E-state index in [1.807, 2.05) is 24.3 Å². The van der Waals surface area contributed by atoms with Crippen LogP contribution in [0.3, 0.4) is 0 Å². The quantitative estimate of drug-likeness (QED) is 0.732. The molecule has 2 aliphatic heterocycles. The number of aromatic nitrogens is 1. The van der Waals surface area contributed by atoms with E-state index in [1.54, 1.807) is 58.5 Å². The number of carbonyl (C=O) groups excluding carboxylic acids is 3. The number of rotatable bonds is 4. The van der Waals surface area contributed by atoms with Gasteiger partial charge in [-0.1, -0.05) is 36.4 Å². The molecular weight excluding hydrogens is 380 g/mol. The molecule has 0 unspecified atom stereocenters. The second-order valence-corrected chi connectivity index (χ2v) is 7.16. The number of hydrogen-bond donors (Lipinski definition) is 1. The Hall–Kier alpha value is -4.00. The fourth-order valence-electron chi connectivity index (χ4n) is 4.06. The molecule has 2 aliphatic rings. The molecule has 0 bridgehead atoms. The van der Waals surface area contributed by atoms with Crippen molar-refractivity contribution in [2.45, 2.75) is 12.6 Å². The van der Waals surface area contributed by atoms with Crippen molar-refractivity contribution in [2.75, 3.05) is 16.8 Å². The molecule has 3 aromatic rings. The Morgan fingerprint density at radius 1 is 0.900 bits per heavy atom. The number of para-hydroxylation sites is 1. The fraction of sp³-hybridized carbons (Fsp3) is 0.130. The van der Waals surface area contributed by atoms with Gasteiger partial charge >= 0.3 is 0 Å². The van der Waals surface area contributed by atoms with E-state index in [0.29, 0.717) is 22.6 Å². The molecule has 0 spiro atoms. The molecule has 0 saturated heterocycles. The Labute approximate surface area is 172 Å². The first-order chi connectivity index (χ1) is 14.6. The molecule has 30 heavy (non-hydrogen) atoms. The van der Waals surface area contributed by atoms with E-state index in [1.165, 1.54) is 0 Å². The van der Waals surface area contributed by atoms with Crippen LogP contribution in [-0.4, -0.2) is 34.2 Å². The third-order valence-corrected chi connectivity index (χ3v) is 5.39. The first-order valence-electron chi connectivity index (χ1n) is 9.68. The maximum Gasteiger partial charge on any atom is 0.260 e. The van der Waals surface area contributed by atoms with E-state index in [2.05, 4.69) is 10.3 Å². The van der Waals surface area contributed by atoms with Gasteiger partial charge in [0.25, 0.3) is 11.8 Å². The molecule has 0 aliphatic carbocycles. The number of amides is 3. The van der Waals surface area contributed by atoms with Crippen LogP contribution in [-0.2, 0) is 4.79 Å². The van der Waals surface area contributed by atoms with Crippen molar-refractivity contribution in [3.8, 4) is 0 Å². The Morgan fingerprint density at radius 3 is 2.43 bits per heavy atom. The molecule has 1 aromatic heterocycles. The Kier molecular flexibility index (Phi) is 4.28. The van der Waals surface area contributed by atoms with E-state index >= 15 is 0 Å². The van der Waals surface area contributed by atoms with E-state index in [-0.39, 0.29) is 30.7 Å². The molecule has 2 aromatic carbocycles. The van der Waals surface area contributed by atoms with E-state index in [4.69, 9.17) is 0 Å². The van der Waals surface area contributed by atoms with Gasteiger partial charge in [-0.2, -0.15) is 0 Å². The minimum absolute atomic E-state index is 0.0885. The summed E-state index contributed by atoms with van der Waals surface area (Å²) in [5.41, 5.74) is 2.41. The lowest BCUT2D eigenvalue weighted by molar-refractivity contribution is -0.116. The molecule has 1 atom stereocenters. The molecule has 7 heteroatoms. The van der Waals surface area contributed by atoms with Crippen LogP contribution in [0.1, 0.15) is 38.9 Å². The highest BCUT2D eigenvalue weighted by Crippen LogP contribution is 2.45. The monoisotopic (exact) mass is 398 g/mol. The summed E-state index contributed by atoms with van der Waals surface area (Å²) in [6.45, 7) is 0.175. The summed E-state index contributed by atoms with van der Waals surface area (Å²) in [4.78, 5) is 46.2. The average Bonchev–Trinajstić information content (AvgIpc) is 3.07. The number of anilines is 2. The lowest BCUT2D eigenvalue weighted by atomic mass is 10.0. The number of fused-ring (bicyclic) bond motifs is 5. The van der Waals surface area contributed by atoms with Crippen LogP contribution in [0, 0.1) is 0 Å². The van der Waals surface area contributed by atoms with Gasteiger partial charge in [0.05, 0.1) is 11.3 Å². The molecule has 0 radical (unpaired) electrons. The van der Waals surface area contributed by atoms with Gasteiger partial charge in [-0.3, -0.25) is 19.3 Å². The Bertz CT molecular complexity index is 1160. The molecule has 5 rings (SSSR count). The average molecular weight is 398 g/mol. The smallest absolute Gasteiger partial charge is 0.260 e. The van der Waals surface area contributed by atoms with Gasteiger partial charge in [0.1, 0.15) is 12.0 Å². The summed E-state index contributed by atoms with van der Waals surface area (Å²) >= 11 is 0. The lowest BCUT2D eigenvalue weighted by Gasteiger charge is -2.40. The highest BCUT2D eigenvalue weighted by Gasteiger charge is 2.47. The minimum Gasteiger partial charge on any atom is -0.313 e. The Morgan fingerprint density at radius 2 is 1.63 bits per heavy atom. The second-order valence-electron chi connectivity index (χ2n) is 7.16. The maximum atomic E-state index is 13.3. The molecule has 0 fully saturated rings. The van der Waals surface area contributed by atoms with Crippen LogP contribution in [0.25, 0.3) is 0 Å². The predicted octanol–water partition coefficient (Wildman–Crippen LogP) is 3.23. The maximum absolute atomic E-state index is 13.3. The normalized spacial score (nSPS) is 16.7. The van der Waals surface area contributed by atoms with Gasteiger partial charge in [0.15, 0.2) is 0 Å². The molecule has 3 heterocycles. The zero-order chi connectivity index (χ0) is 20.7. The van der Waals surface area contributed by atoms with Gasteiger partial charge < -0.3 is 10.2 Å². The standard InChI is InChI=1S/C23H18N4O3/c28-20(25-19-11-5-6-13-24-19)12-14-26-21-15-7-1-2-8-16(15)23(30)27(21)18-10-4-3-9-17(18)22(26)29/h1-11,13,21H,12,14H2,(H,24,25,28)/t21-/m1/s1. The van der Waals surface area contributed by atoms with E-state index in [9.17, 15) is 14.4 Å². The van der Waals surface area contributed by atoms with Gasteiger partial charge in [-0.15, -0.1) is 0 Å². The van der Waals surface area contributed by atoms with Crippen molar-refractivity contribution < 1.29 is 14.4 Å². The zero-order valence-corrected chi connectivity index (χ0v) is 16.0. The van der Waals surface area contributed by atoms with Crippen LogP contribution in [0.2, 0.25) is 0 Å². The van der Waals surface area contributed by atoms with Gasteiger partial charge in [-0.05, 0) is 30.3 Å². The number of nitrogens with one attached hydrogen (secondary N) is 1. The number of benzene rings is 2. The molecular formula is C23H18N4O3. The predicted molar refractivity (Wildman–Crippen MR) is 111 cm³/mol. The van der Waals surface area contributed by atoms with Gasteiger partial charge in [0, 0.05) is 30.3 Å². The van der Waals surface area contributed by atoms with Gasteiger partial charge in [-0.25, -0.2) is 4.98 Å². The number of hydrogen-bond acceptors (Lipinski definition) is 4. The van der Waals surface area contributed by atoms with Crippen LogP contribution in [0.15, 0.2) is 72.9 Å². The van der Waals surface area contributed by atoms with Crippen molar-refractivity contribution in [1.29, 1.82) is 0 Å². The first kappa shape index (κ1) is 18.1. The molecule has 0 saturated carbocycles. The van der Waals surface area contributed by atoms with Crippen LogP contribution in [0.4, 0.5) is 11.5 Å². The SMILES string of the molecule is O=C(CCN1C(=O)c2ccccc2N2C(=O)c3ccccc3[C@H]12)Nc1ccccn1. The lowest BCUT2D eigenvalue weighted by Crippen LogP contribution is -2.49.